The number of carbonyl (C=O) groups is 1. The lowest BCUT2D eigenvalue weighted by Gasteiger charge is -2.42. The molecule has 0 aliphatic carbocycles. The van der Waals surface area contributed by atoms with Crippen LogP contribution in [0.1, 0.15) is 22.3 Å². The molecular formula is C19H22F2N4O2. The molecule has 1 unspecified atom stereocenters. The van der Waals surface area contributed by atoms with Crippen molar-refractivity contribution in [1.82, 2.24) is 9.88 Å². The zero-order chi connectivity index (χ0) is 19.4. The SMILES string of the molecule is NC(=O)c1cccnc1N1CCN(Cc2ccc(F)c(F)c2)C(CCO)C1. The van der Waals surface area contributed by atoms with Crippen LogP contribution in [0.4, 0.5) is 14.6 Å². The van der Waals surface area contributed by atoms with E-state index in [9.17, 15) is 18.7 Å². The molecule has 3 N–H and O–H groups in total. The van der Waals surface area contributed by atoms with E-state index < -0.39 is 17.5 Å². The second-order valence-electron chi connectivity index (χ2n) is 6.57. The summed E-state index contributed by atoms with van der Waals surface area (Å²) in [5, 5.41) is 9.44. The van der Waals surface area contributed by atoms with Gasteiger partial charge >= 0.3 is 0 Å². The molecule has 0 radical (unpaired) electrons. The van der Waals surface area contributed by atoms with Crippen molar-refractivity contribution in [2.24, 2.45) is 5.73 Å². The molecule has 1 aromatic carbocycles. The fourth-order valence-electron chi connectivity index (χ4n) is 3.43. The van der Waals surface area contributed by atoms with E-state index in [0.717, 1.165) is 6.07 Å². The quantitative estimate of drug-likeness (QED) is 0.799. The highest BCUT2D eigenvalue weighted by molar-refractivity contribution is 5.97. The number of primary amides is 1. The van der Waals surface area contributed by atoms with Crippen molar-refractivity contribution in [3.8, 4) is 0 Å². The standard InChI is InChI=1S/C19H22F2N4O2/c20-16-4-3-13(10-17(16)21)11-24-7-8-25(12-14(24)5-9-26)19-15(18(22)27)2-1-6-23-19/h1-4,6,10,14,26H,5,7-9,11-12H2,(H2,22,27). The molecule has 1 aliphatic heterocycles. The Bertz CT molecular complexity index is 818. The van der Waals surface area contributed by atoms with Gasteiger partial charge in [-0.15, -0.1) is 0 Å². The van der Waals surface area contributed by atoms with E-state index in [-0.39, 0.29) is 12.6 Å². The molecule has 6 nitrogen and oxygen atoms in total. The second kappa shape index (κ2) is 8.41. The Balaban J connectivity index is 1.77. The Morgan fingerprint density at radius 3 is 2.78 bits per heavy atom. The van der Waals surface area contributed by atoms with E-state index in [4.69, 9.17) is 5.73 Å². The molecule has 8 heteroatoms. The van der Waals surface area contributed by atoms with Crippen LogP contribution in [0, 0.1) is 11.6 Å². The van der Waals surface area contributed by atoms with E-state index in [1.807, 2.05) is 4.90 Å². The molecule has 1 amide bonds. The van der Waals surface area contributed by atoms with E-state index in [1.54, 1.807) is 24.4 Å². The number of aromatic nitrogens is 1. The molecule has 0 bridgehead atoms. The van der Waals surface area contributed by atoms with Gasteiger partial charge in [0.05, 0.1) is 5.56 Å². The summed E-state index contributed by atoms with van der Waals surface area (Å²) in [6.45, 7) is 2.21. The summed E-state index contributed by atoms with van der Waals surface area (Å²) >= 11 is 0. The van der Waals surface area contributed by atoms with Gasteiger partial charge in [0, 0.05) is 45.0 Å². The van der Waals surface area contributed by atoms with Crippen LogP contribution in [-0.4, -0.2) is 53.2 Å². The third-order valence-electron chi connectivity index (χ3n) is 4.79. The van der Waals surface area contributed by atoms with E-state index in [0.29, 0.717) is 49.5 Å². The molecule has 27 heavy (non-hydrogen) atoms. The van der Waals surface area contributed by atoms with Crippen molar-refractivity contribution in [3.63, 3.8) is 0 Å². The Kier molecular flexibility index (Phi) is 5.98. The van der Waals surface area contributed by atoms with Crippen LogP contribution < -0.4 is 10.6 Å². The fraction of sp³-hybridized carbons (Fsp3) is 0.368. The van der Waals surface area contributed by atoms with Gasteiger partial charge in [-0.1, -0.05) is 6.07 Å². The van der Waals surface area contributed by atoms with Crippen LogP contribution in [0.15, 0.2) is 36.5 Å². The maximum atomic E-state index is 13.5. The first-order valence-corrected chi connectivity index (χ1v) is 8.78. The smallest absolute Gasteiger partial charge is 0.252 e. The first kappa shape index (κ1) is 19.2. The van der Waals surface area contributed by atoms with E-state index in [2.05, 4.69) is 9.88 Å². The molecular weight excluding hydrogens is 354 g/mol. The Hall–Kier alpha value is -2.58. The predicted octanol–water partition coefficient (Wildman–Crippen LogP) is 1.53. The predicted molar refractivity (Wildman–Crippen MR) is 97.2 cm³/mol. The average Bonchev–Trinajstić information content (AvgIpc) is 2.66. The number of piperazine rings is 1. The molecule has 1 fully saturated rings. The molecule has 144 valence electrons. The van der Waals surface area contributed by atoms with Crippen LogP contribution in [-0.2, 0) is 6.54 Å². The molecule has 2 aromatic rings. The van der Waals surface area contributed by atoms with Crippen molar-refractivity contribution < 1.29 is 18.7 Å². The summed E-state index contributed by atoms with van der Waals surface area (Å²) in [4.78, 5) is 20.1. The number of aliphatic hydroxyl groups excluding tert-OH is 1. The molecule has 1 aromatic heterocycles. The average molecular weight is 376 g/mol. The van der Waals surface area contributed by atoms with Gasteiger partial charge in [-0.2, -0.15) is 0 Å². The normalized spacial score (nSPS) is 17.9. The topological polar surface area (TPSA) is 82.7 Å². The summed E-state index contributed by atoms with van der Waals surface area (Å²) in [6, 6.07) is 7.15. The van der Waals surface area contributed by atoms with Crippen molar-refractivity contribution in [1.29, 1.82) is 0 Å². The van der Waals surface area contributed by atoms with Gasteiger partial charge in [-0.05, 0) is 36.2 Å². The molecule has 0 spiro atoms. The van der Waals surface area contributed by atoms with Crippen LogP contribution in [0.2, 0.25) is 0 Å². The number of hydrogen-bond donors (Lipinski definition) is 2. The van der Waals surface area contributed by atoms with Gasteiger partial charge in [0.15, 0.2) is 11.6 Å². The third-order valence-corrected chi connectivity index (χ3v) is 4.79. The minimum atomic E-state index is -0.871. The van der Waals surface area contributed by atoms with Crippen LogP contribution in [0.25, 0.3) is 0 Å². The number of anilines is 1. The zero-order valence-corrected chi connectivity index (χ0v) is 14.8. The van der Waals surface area contributed by atoms with Gasteiger partial charge < -0.3 is 15.7 Å². The van der Waals surface area contributed by atoms with E-state index >= 15 is 0 Å². The Morgan fingerprint density at radius 2 is 2.07 bits per heavy atom. The van der Waals surface area contributed by atoms with Crippen molar-refractivity contribution >= 4 is 11.7 Å². The van der Waals surface area contributed by atoms with Gasteiger partial charge in [-0.25, -0.2) is 13.8 Å². The summed E-state index contributed by atoms with van der Waals surface area (Å²) in [6.07, 6.45) is 2.12. The number of benzene rings is 1. The van der Waals surface area contributed by atoms with Gasteiger partial charge in [0.25, 0.3) is 5.91 Å². The fourth-order valence-corrected chi connectivity index (χ4v) is 3.43. The summed E-state index contributed by atoms with van der Waals surface area (Å²) in [5.74, 6) is -1.75. The first-order valence-electron chi connectivity index (χ1n) is 8.78. The van der Waals surface area contributed by atoms with Crippen molar-refractivity contribution in [2.75, 3.05) is 31.1 Å². The highest BCUT2D eigenvalue weighted by Crippen LogP contribution is 2.23. The monoisotopic (exact) mass is 376 g/mol. The molecule has 0 saturated carbocycles. The highest BCUT2D eigenvalue weighted by Gasteiger charge is 2.29. The largest absolute Gasteiger partial charge is 0.396 e. The molecule has 1 atom stereocenters. The van der Waals surface area contributed by atoms with Gasteiger partial charge in [-0.3, -0.25) is 9.69 Å². The number of aliphatic hydroxyl groups is 1. The number of pyridine rings is 1. The Labute approximate surface area is 156 Å². The van der Waals surface area contributed by atoms with Gasteiger partial charge in [0.1, 0.15) is 5.82 Å². The number of rotatable bonds is 6. The molecule has 3 rings (SSSR count). The maximum absolute atomic E-state index is 13.5. The highest BCUT2D eigenvalue weighted by atomic mass is 19.2. The molecule has 2 heterocycles. The second-order valence-corrected chi connectivity index (χ2v) is 6.57. The lowest BCUT2D eigenvalue weighted by Crippen LogP contribution is -2.53. The zero-order valence-electron chi connectivity index (χ0n) is 14.8. The van der Waals surface area contributed by atoms with Crippen LogP contribution >= 0.6 is 0 Å². The number of amides is 1. The summed E-state index contributed by atoms with van der Waals surface area (Å²) < 4.78 is 26.6. The molecule has 1 saturated heterocycles. The Morgan fingerprint density at radius 1 is 1.26 bits per heavy atom. The lowest BCUT2D eigenvalue weighted by atomic mass is 10.1. The summed E-state index contributed by atoms with van der Waals surface area (Å²) in [7, 11) is 0. The minimum Gasteiger partial charge on any atom is -0.396 e. The first-order chi connectivity index (χ1) is 13.0. The number of hydrogen-bond acceptors (Lipinski definition) is 5. The maximum Gasteiger partial charge on any atom is 0.252 e. The van der Waals surface area contributed by atoms with Crippen LogP contribution in [0.3, 0.4) is 0 Å². The van der Waals surface area contributed by atoms with Crippen molar-refractivity contribution in [2.45, 2.75) is 19.0 Å². The number of carbonyl (C=O) groups excluding carboxylic acids is 1. The van der Waals surface area contributed by atoms with E-state index in [1.165, 1.54) is 6.07 Å². The lowest BCUT2D eigenvalue weighted by molar-refractivity contribution is 0.0999. The molecule has 1 aliphatic rings. The van der Waals surface area contributed by atoms with Gasteiger partial charge in [0.2, 0.25) is 0 Å². The van der Waals surface area contributed by atoms with Crippen molar-refractivity contribution in [3.05, 3.63) is 59.3 Å². The summed E-state index contributed by atoms with van der Waals surface area (Å²) in [5.41, 5.74) is 6.47. The number of halogens is 2. The van der Waals surface area contributed by atoms with Crippen LogP contribution in [0.5, 0.6) is 0 Å². The number of nitrogens with zero attached hydrogens (tertiary/aromatic N) is 3. The third kappa shape index (κ3) is 4.40. The minimum absolute atomic E-state index is 0.00230. The number of nitrogens with two attached hydrogens (primary N) is 1.